The summed E-state index contributed by atoms with van der Waals surface area (Å²) in [5, 5.41) is 2.45. The molecule has 0 heterocycles. The number of benzene rings is 1. The lowest BCUT2D eigenvalue weighted by atomic mass is 9.83. The van der Waals surface area contributed by atoms with Gasteiger partial charge in [-0.15, -0.1) is 12.6 Å². The van der Waals surface area contributed by atoms with E-state index in [0.717, 1.165) is 0 Å². The zero-order chi connectivity index (χ0) is 14.2. The maximum Gasteiger partial charge on any atom is 0.224 e. The van der Waals surface area contributed by atoms with E-state index in [4.69, 9.17) is 0 Å². The van der Waals surface area contributed by atoms with Gasteiger partial charge in [0.25, 0.3) is 0 Å². The van der Waals surface area contributed by atoms with Crippen LogP contribution in [0.1, 0.15) is 34.1 Å². The monoisotopic (exact) mass is 275 g/mol. The van der Waals surface area contributed by atoms with Crippen molar-refractivity contribution in [2.45, 2.75) is 18.2 Å². The molecule has 4 nitrogen and oxygen atoms in total. The molecule has 0 saturated heterocycles. The summed E-state index contributed by atoms with van der Waals surface area (Å²) in [6.45, 7) is 1.58. The molecule has 98 valence electrons. The number of carbonyl (C=O) groups excluding carboxylic acids is 3. The smallest absolute Gasteiger partial charge is 0.224 e. The zero-order valence-electron chi connectivity index (χ0n) is 10.6. The molecular weight excluding hydrogens is 262 g/mol. The van der Waals surface area contributed by atoms with E-state index in [2.05, 4.69) is 17.9 Å². The third-order valence-corrected chi connectivity index (χ3v) is 3.57. The predicted octanol–water partition coefficient (Wildman–Crippen LogP) is 1.81. The Labute approximate surface area is 116 Å². The first kappa shape index (κ1) is 13.5. The lowest BCUT2D eigenvalue weighted by Crippen LogP contribution is -2.26. The highest BCUT2D eigenvalue weighted by molar-refractivity contribution is 7.80. The van der Waals surface area contributed by atoms with Crippen molar-refractivity contribution in [1.82, 2.24) is 5.32 Å². The van der Waals surface area contributed by atoms with E-state index in [9.17, 15) is 14.4 Å². The lowest BCUT2D eigenvalue weighted by Gasteiger charge is -2.19. The highest BCUT2D eigenvalue weighted by Gasteiger charge is 2.31. The van der Waals surface area contributed by atoms with Crippen molar-refractivity contribution >= 4 is 30.1 Å². The topological polar surface area (TPSA) is 63.2 Å². The van der Waals surface area contributed by atoms with Gasteiger partial charge in [-0.1, -0.05) is 12.1 Å². The average Bonchev–Trinajstić information content (AvgIpc) is 2.40. The van der Waals surface area contributed by atoms with Gasteiger partial charge in [-0.05, 0) is 13.0 Å². The summed E-state index contributed by atoms with van der Waals surface area (Å²) in [6, 6.07) is 4.95. The summed E-state index contributed by atoms with van der Waals surface area (Å²) < 4.78 is 0. The number of ketones is 2. The number of thiol groups is 1. The maximum atomic E-state index is 12.4. The highest BCUT2D eigenvalue weighted by Crippen LogP contribution is 2.31. The van der Waals surface area contributed by atoms with Crippen LogP contribution in [0, 0.1) is 0 Å². The van der Waals surface area contributed by atoms with Crippen molar-refractivity contribution in [2.75, 3.05) is 7.05 Å². The number of nitrogens with one attached hydrogen (secondary N) is 1. The normalized spacial score (nSPS) is 14.5. The molecular formula is C14H13NO3S. The van der Waals surface area contributed by atoms with Crippen LogP contribution < -0.4 is 5.32 Å². The summed E-state index contributed by atoms with van der Waals surface area (Å²) in [6.07, 6.45) is -0.0888. The van der Waals surface area contributed by atoms with Crippen LogP contribution in [-0.4, -0.2) is 24.5 Å². The Hall–Kier alpha value is -1.88. The Morgan fingerprint density at radius 3 is 2.58 bits per heavy atom. The number of rotatable bonds is 2. The largest absolute Gasteiger partial charge is 0.359 e. The minimum atomic E-state index is -0.296. The van der Waals surface area contributed by atoms with Crippen LogP contribution in [0.15, 0.2) is 34.2 Å². The van der Waals surface area contributed by atoms with Crippen LogP contribution in [0.4, 0.5) is 0 Å². The first-order chi connectivity index (χ1) is 8.97. The van der Waals surface area contributed by atoms with Gasteiger partial charge in [0.15, 0.2) is 11.6 Å². The second-order valence-electron chi connectivity index (χ2n) is 4.31. The van der Waals surface area contributed by atoms with Crippen molar-refractivity contribution in [1.29, 1.82) is 0 Å². The van der Waals surface area contributed by atoms with Crippen molar-refractivity contribution in [2.24, 2.45) is 0 Å². The van der Waals surface area contributed by atoms with Gasteiger partial charge in [0.1, 0.15) is 0 Å². The minimum Gasteiger partial charge on any atom is -0.359 e. The second-order valence-corrected chi connectivity index (χ2v) is 4.79. The molecule has 0 unspecified atom stereocenters. The predicted molar refractivity (Wildman–Crippen MR) is 73.7 cm³/mol. The molecule has 0 saturated carbocycles. The minimum absolute atomic E-state index is 0.0888. The molecule has 5 heteroatoms. The molecule has 0 fully saturated rings. The lowest BCUT2D eigenvalue weighted by molar-refractivity contribution is -0.119. The number of carbonyl (C=O) groups is 3. The Bertz CT molecular complexity index is 632. The highest BCUT2D eigenvalue weighted by atomic mass is 32.1. The third-order valence-electron chi connectivity index (χ3n) is 3.20. The third kappa shape index (κ3) is 2.21. The van der Waals surface area contributed by atoms with Gasteiger partial charge in [0, 0.05) is 34.2 Å². The maximum absolute atomic E-state index is 12.4. The Kier molecular flexibility index (Phi) is 3.57. The first-order valence-electron chi connectivity index (χ1n) is 5.79. The average molecular weight is 275 g/mol. The van der Waals surface area contributed by atoms with Crippen LogP contribution >= 0.6 is 12.6 Å². The fourth-order valence-corrected chi connectivity index (χ4v) is 2.40. The molecule has 2 rings (SSSR count). The summed E-state index contributed by atoms with van der Waals surface area (Å²) >= 11 is 4.22. The van der Waals surface area contributed by atoms with Crippen LogP contribution in [-0.2, 0) is 4.79 Å². The Balaban J connectivity index is 2.57. The molecule has 0 radical (unpaired) electrons. The second kappa shape index (κ2) is 5.01. The molecule has 0 aromatic heterocycles. The molecule has 1 aromatic rings. The van der Waals surface area contributed by atoms with Gasteiger partial charge in [0.05, 0.1) is 6.42 Å². The van der Waals surface area contributed by atoms with E-state index in [1.165, 1.54) is 7.05 Å². The number of hydrogen-bond acceptors (Lipinski definition) is 4. The molecule has 19 heavy (non-hydrogen) atoms. The molecule has 0 atom stereocenters. The summed E-state index contributed by atoms with van der Waals surface area (Å²) in [5.74, 6) is -0.804. The van der Waals surface area contributed by atoms with Crippen LogP contribution in [0.5, 0.6) is 0 Å². The van der Waals surface area contributed by atoms with Crippen molar-refractivity contribution in [3.8, 4) is 0 Å². The van der Waals surface area contributed by atoms with E-state index in [1.807, 2.05) is 0 Å². The van der Waals surface area contributed by atoms with E-state index in [0.29, 0.717) is 21.6 Å². The number of amides is 1. The molecule has 0 aliphatic heterocycles. The van der Waals surface area contributed by atoms with Gasteiger partial charge in [-0.25, -0.2) is 0 Å². The number of allylic oxidation sites excluding steroid dienone is 1. The molecule has 1 aliphatic carbocycles. The van der Waals surface area contributed by atoms with Crippen LogP contribution in [0.25, 0.3) is 0 Å². The van der Waals surface area contributed by atoms with Gasteiger partial charge >= 0.3 is 0 Å². The van der Waals surface area contributed by atoms with Crippen molar-refractivity contribution in [3.63, 3.8) is 0 Å². The SMILES string of the molecule is CNC(=O)CC1=C(C)C(=O)c2cccc(S)c2C1=O. The van der Waals surface area contributed by atoms with Crippen molar-refractivity contribution in [3.05, 3.63) is 40.5 Å². The van der Waals surface area contributed by atoms with Gasteiger partial charge in [-0.2, -0.15) is 0 Å². The fourth-order valence-electron chi connectivity index (χ4n) is 2.09. The van der Waals surface area contributed by atoms with Crippen molar-refractivity contribution < 1.29 is 14.4 Å². The number of fused-ring (bicyclic) bond motifs is 1. The molecule has 1 aromatic carbocycles. The quantitative estimate of drug-likeness (QED) is 0.809. The molecule has 1 aliphatic rings. The van der Waals surface area contributed by atoms with Gasteiger partial charge in [0.2, 0.25) is 5.91 Å². The van der Waals surface area contributed by atoms with Gasteiger partial charge < -0.3 is 5.32 Å². The molecule has 1 N–H and O–H groups in total. The first-order valence-corrected chi connectivity index (χ1v) is 6.23. The zero-order valence-corrected chi connectivity index (χ0v) is 11.5. The summed E-state index contributed by atoms with van der Waals surface area (Å²) in [7, 11) is 1.49. The van der Waals surface area contributed by atoms with Crippen LogP contribution in [0.2, 0.25) is 0 Å². The summed E-state index contributed by atoms with van der Waals surface area (Å²) in [4.78, 5) is 36.5. The summed E-state index contributed by atoms with van der Waals surface area (Å²) in [5.41, 5.74) is 1.23. The number of hydrogen-bond donors (Lipinski definition) is 2. The molecule has 1 amide bonds. The van der Waals surface area contributed by atoms with E-state index in [-0.39, 0.29) is 29.5 Å². The van der Waals surface area contributed by atoms with E-state index in [1.54, 1.807) is 25.1 Å². The van der Waals surface area contributed by atoms with E-state index < -0.39 is 0 Å². The Morgan fingerprint density at radius 1 is 1.26 bits per heavy atom. The standard InChI is InChI=1S/C14H13NO3S/c1-7-9(6-11(16)15-2)14(18)12-8(13(7)17)4-3-5-10(12)19/h3-5,19H,6H2,1-2H3,(H,15,16). The van der Waals surface area contributed by atoms with Gasteiger partial charge in [-0.3, -0.25) is 14.4 Å². The Morgan fingerprint density at radius 2 is 1.95 bits per heavy atom. The number of Topliss-reactive ketones (excluding diaryl/α,β-unsaturated/α-hetero) is 2. The van der Waals surface area contributed by atoms with E-state index >= 15 is 0 Å². The molecule has 0 spiro atoms. The fraction of sp³-hybridized carbons (Fsp3) is 0.214. The molecule has 0 bridgehead atoms. The van der Waals surface area contributed by atoms with Crippen LogP contribution in [0.3, 0.4) is 0 Å².